The van der Waals surface area contributed by atoms with E-state index in [4.69, 9.17) is 4.74 Å². The summed E-state index contributed by atoms with van der Waals surface area (Å²) in [6, 6.07) is 0. The number of carbonyl (C=O) groups is 1. The van der Waals surface area contributed by atoms with Crippen LogP contribution in [0.3, 0.4) is 0 Å². The van der Waals surface area contributed by atoms with Crippen LogP contribution in [-0.4, -0.2) is 11.6 Å². The first-order chi connectivity index (χ1) is 6.44. The van der Waals surface area contributed by atoms with E-state index in [9.17, 15) is 4.79 Å². The molecule has 0 amide bonds. The molecule has 0 saturated carbocycles. The fourth-order valence-corrected chi connectivity index (χ4v) is 2.44. The van der Waals surface area contributed by atoms with Crippen LogP contribution in [-0.2, 0) is 10.1 Å². The average molecular weight is 277 g/mol. The Kier molecular flexibility index (Phi) is 3.72. The Hall–Kier alpha value is -0.350. The largest absolute Gasteiger partial charge is 0.456 e. The van der Waals surface area contributed by atoms with Gasteiger partial charge >= 0.3 is 5.97 Å². The number of alkyl halides is 1. The van der Waals surface area contributed by atoms with Gasteiger partial charge in [0.05, 0.1) is 5.56 Å². The van der Waals surface area contributed by atoms with Crippen LogP contribution in [0, 0.1) is 0 Å². The van der Waals surface area contributed by atoms with E-state index in [1.807, 2.05) is 31.5 Å². The lowest BCUT2D eigenvalue weighted by Gasteiger charge is -2.19. The van der Waals surface area contributed by atoms with Crippen LogP contribution in [0.1, 0.15) is 36.7 Å². The minimum absolute atomic E-state index is 0.242. The van der Waals surface area contributed by atoms with Crippen molar-refractivity contribution in [1.82, 2.24) is 0 Å². The van der Waals surface area contributed by atoms with Gasteiger partial charge in [0.2, 0.25) is 0 Å². The first kappa shape index (κ1) is 11.7. The number of hydrogen-bond acceptors (Lipinski definition) is 3. The predicted octanol–water partition coefficient (Wildman–Crippen LogP) is 3.60. The molecule has 1 aromatic heterocycles. The number of thiophene rings is 1. The van der Waals surface area contributed by atoms with Crippen LogP contribution in [0.2, 0.25) is 0 Å². The van der Waals surface area contributed by atoms with E-state index in [-0.39, 0.29) is 5.97 Å². The first-order valence-corrected chi connectivity index (χ1v) is 6.35. The maximum atomic E-state index is 11.7. The van der Waals surface area contributed by atoms with Gasteiger partial charge in [-0.3, -0.25) is 0 Å². The molecular formula is C10H13BrO2S. The highest BCUT2D eigenvalue weighted by atomic mass is 79.9. The second-order valence-electron chi connectivity index (χ2n) is 3.95. The second-order valence-corrected chi connectivity index (χ2v) is 5.25. The third-order valence-corrected chi connectivity index (χ3v) is 2.90. The van der Waals surface area contributed by atoms with Crippen molar-refractivity contribution in [2.45, 2.75) is 31.7 Å². The summed E-state index contributed by atoms with van der Waals surface area (Å²) >= 11 is 4.85. The van der Waals surface area contributed by atoms with Crippen LogP contribution in [0.5, 0.6) is 0 Å². The lowest BCUT2D eigenvalue weighted by molar-refractivity contribution is 0.00694. The van der Waals surface area contributed by atoms with Gasteiger partial charge in [0, 0.05) is 10.7 Å². The summed E-state index contributed by atoms with van der Waals surface area (Å²) in [6.07, 6.45) is 0. The smallest absolute Gasteiger partial charge is 0.339 e. The molecule has 0 bridgehead atoms. The topological polar surface area (TPSA) is 26.3 Å². The van der Waals surface area contributed by atoms with E-state index >= 15 is 0 Å². The molecule has 1 rings (SSSR count). The molecule has 0 aromatic carbocycles. The highest BCUT2D eigenvalue weighted by molar-refractivity contribution is 9.08. The Morgan fingerprint density at radius 1 is 1.50 bits per heavy atom. The van der Waals surface area contributed by atoms with Gasteiger partial charge < -0.3 is 4.74 Å². The molecule has 0 N–H and O–H groups in total. The zero-order valence-electron chi connectivity index (χ0n) is 8.46. The van der Waals surface area contributed by atoms with Crippen LogP contribution in [0.25, 0.3) is 0 Å². The maximum Gasteiger partial charge on any atom is 0.339 e. The summed E-state index contributed by atoms with van der Waals surface area (Å²) in [6.45, 7) is 5.60. The maximum absolute atomic E-state index is 11.7. The standard InChI is InChI=1S/C10H13BrO2S/c1-10(2,3)13-9(12)8-6-14-5-7(8)4-11/h5-6H,4H2,1-3H3. The minimum Gasteiger partial charge on any atom is -0.456 e. The molecule has 0 aliphatic carbocycles. The molecule has 0 aliphatic heterocycles. The summed E-state index contributed by atoms with van der Waals surface area (Å²) in [5, 5.41) is 4.46. The Morgan fingerprint density at radius 3 is 2.64 bits per heavy atom. The molecule has 0 spiro atoms. The van der Waals surface area contributed by atoms with Crippen LogP contribution in [0.4, 0.5) is 0 Å². The highest BCUT2D eigenvalue weighted by Crippen LogP contribution is 2.21. The Labute approximate surface area is 96.4 Å². The number of hydrogen-bond donors (Lipinski definition) is 0. The summed E-state index contributed by atoms with van der Waals surface area (Å²) < 4.78 is 5.27. The number of carbonyl (C=O) groups excluding carboxylic acids is 1. The number of rotatable bonds is 2. The second kappa shape index (κ2) is 4.45. The third kappa shape index (κ3) is 3.10. The molecule has 78 valence electrons. The average Bonchev–Trinajstić information content (AvgIpc) is 2.47. The van der Waals surface area contributed by atoms with Gasteiger partial charge in [-0.05, 0) is 31.7 Å². The zero-order valence-corrected chi connectivity index (χ0v) is 10.9. The van der Waals surface area contributed by atoms with E-state index in [0.29, 0.717) is 10.9 Å². The summed E-state index contributed by atoms with van der Waals surface area (Å²) in [5.41, 5.74) is 1.23. The van der Waals surface area contributed by atoms with Crippen LogP contribution < -0.4 is 0 Å². The molecule has 0 aliphatic rings. The van der Waals surface area contributed by atoms with Gasteiger partial charge in [0.25, 0.3) is 0 Å². The summed E-state index contributed by atoms with van der Waals surface area (Å²) in [4.78, 5) is 11.7. The molecule has 14 heavy (non-hydrogen) atoms. The SMILES string of the molecule is CC(C)(C)OC(=O)c1cscc1CBr. The quantitative estimate of drug-likeness (QED) is 0.610. The van der Waals surface area contributed by atoms with Gasteiger partial charge in [-0.2, -0.15) is 11.3 Å². The van der Waals surface area contributed by atoms with E-state index in [1.54, 1.807) is 0 Å². The number of ether oxygens (including phenoxy) is 1. The van der Waals surface area contributed by atoms with Crippen molar-refractivity contribution in [2.75, 3.05) is 0 Å². The van der Waals surface area contributed by atoms with Crippen molar-refractivity contribution < 1.29 is 9.53 Å². The van der Waals surface area contributed by atoms with Crippen molar-refractivity contribution in [3.63, 3.8) is 0 Å². The lowest BCUT2D eigenvalue weighted by Crippen LogP contribution is -2.24. The van der Waals surface area contributed by atoms with Gasteiger partial charge in [-0.15, -0.1) is 0 Å². The zero-order chi connectivity index (χ0) is 10.8. The van der Waals surface area contributed by atoms with E-state index in [0.717, 1.165) is 5.56 Å². The molecule has 0 radical (unpaired) electrons. The summed E-state index contributed by atoms with van der Waals surface area (Å²) in [7, 11) is 0. The van der Waals surface area contributed by atoms with Gasteiger partial charge in [0.15, 0.2) is 0 Å². The molecule has 1 heterocycles. The Morgan fingerprint density at radius 2 is 2.14 bits per heavy atom. The third-order valence-electron chi connectivity index (χ3n) is 1.50. The van der Waals surface area contributed by atoms with Crippen LogP contribution in [0.15, 0.2) is 10.8 Å². The lowest BCUT2D eigenvalue weighted by atomic mass is 10.2. The monoisotopic (exact) mass is 276 g/mol. The highest BCUT2D eigenvalue weighted by Gasteiger charge is 2.20. The number of halogens is 1. The predicted molar refractivity (Wildman–Crippen MR) is 62.1 cm³/mol. The van der Waals surface area contributed by atoms with Gasteiger partial charge in [-0.25, -0.2) is 4.79 Å². The van der Waals surface area contributed by atoms with Crippen LogP contribution >= 0.6 is 27.3 Å². The van der Waals surface area contributed by atoms with E-state index < -0.39 is 5.60 Å². The fourth-order valence-electron chi connectivity index (χ4n) is 0.939. The van der Waals surface area contributed by atoms with Gasteiger partial charge in [-0.1, -0.05) is 15.9 Å². The van der Waals surface area contributed by atoms with Crippen molar-refractivity contribution in [2.24, 2.45) is 0 Å². The van der Waals surface area contributed by atoms with Crippen molar-refractivity contribution >= 4 is 33.2 Å². The van der Waals surface area contributed by atoms with Crippen molar-refractivity contribution in [3.05, 3.63) is 21.9 Å². The molecule has 2 nitrogen and oxygen atoms in total. The Bertz CT molecular complexity index is 325. The molecular weight excluding hydrogens is 264 g/mol. The fraction of sp³-hybridized carbons (Fsp3) is 0.500. The number of esters is 1. The van der Waals surface area contributed by atoms with E-state index in [1.165, 1.54) is 11.3 Å². The summed E-state index contributed by atoms with van der Waals surface area (Å²) in [5.74, 6) is -0.242. The molecule has 0 fully saturated rings. The first-order valence-electron chi connectivity index (χ1n) is 4.28. The molecule has 0 saturated heterocycles. The molecule has 0 unspecified atom stereocenters. The van der Waals surface area contributed by atoms with Crippen molar-refractivity contribution in [1.29, 1.82) is 0 Å². The minimum atomic E-state index is -0.428. The van der Waals surface area contributed by atoms with E-state index in [2.05, 4.69) is 15.9 Å². The Balaban J connectivity index is 2.80. The normalized spacial score (nSPS) is 11.4. The molecule has 0 atom stereocenters. The molecule has 4 heteroatoms. The van der Waals surface area contributed by atoms with Gasteiger partial charge in [0.1, 0.15) is 5.60 Å². The van der Waals surface area contributed by atoms with Crippen molar-refractivity contribution in [3.8, 4) is 0 Å². The molecule has 1 aromatic rings.